The summed E-state index contributed by atoms with van der Waals surface area (Å²) in [5.74, 6) is 1.08. The highest BCUT2D eigenvalue weighted by Gasteiger charge is 2.60. The molecule has 8 heteroatoms. The summed E-state index contributed by atoms with van der Waals surface area (Å²) < 4.78 is 1.88. The Morgan fingerprint density at radius 2 is 2.00 bits per heavy atom. The van der Waals surface area contributed by atoms with Gasteiger partial charge in [-0.25, -0.2) is 15.0 Å². The van der Waals surface area contributed by atoms with E-state index in [9.17, 15) is 9.59 Å². The summed E-state index contributed by atoms with van der Waals surface area (Å²) in [6.07, 6.45) is 7.89. The van der Waals surface area contributed by atoms with Crippen molar-refractivity contribution in [2.75, 3.05) is 11.9 Å². The summed E-state index contributed by atoms with van der Waals surface area (Å²) in [5.41, 5.74) is 1.24. The van der Waals surface area contributed by atoms with E-state index in [2.05, 4.69) is 20.3 Å². The second-order valence-electron chi connectivity index (χ2n) is 7.76. The molecule has 5 rings (SSSR count). The van der Waals surface area contributed by atoms with Crippen molar-refractivity contribution in [2.45, 2.75) is 31.2 Å². The third-order valence-corrected chi connectivity index (χ3v) is 6.22. The molecule has 8 nitrogen and oxygen atoms in total. The van der Waals surface area contributed by atoms with Gasteiger partial charge in [0, 0.05) is 50.5 Å². The molecule has 1 aromatic carbocycles. The highest BCUT2D eigenvalue weighted by molar-refractivity contribution is 6.08. The van der Waals surface area contributed by atoms with Gasteiger partial charge in [-0.3, -0.25) is 9.59 Å². The molecule has 2 atom stereocenters. The molecule has 0 saturated carbocycles. The van der Waals surface area contributed by atoms with Gasteiger partial charge in [0.25, 0.3) is 5.91 Å². The Balaban J connectivity index is 1.64. The normalized spacial score (nSPS) is 22.4. The summed E-state index contributed by atoms with van der Waals surface area (Å²) in [6, 6.07) is 7.17. The molecule has 2 aromatic heterocycles. The first kappa shape index (κ1) is 18.5. The van der Waals surface area contributed by atoms with E-state index in [1.54, 1.807) is 23.5 Å². The largest absolute Gasteiger partial charge is 0.336 e. The number of fused-ring (bicyclic) bond motifs is 2. The summed E-state index contributed by atoms with van der Waals surface area (Å²) in [5, 5.41) is 3.02. The molecule has 30 heavy (non-hydrogen) atoms. The van der Waals surface area contributed by atoms with E-state index in [1.165, 1.54) is 0 Å². The SMILES string of the molecule is CCc1ncc(C(=O)N2CC[C@]3(C(=O)Nc4ccccc43)[C@@H]2c2nccn2C)cn1. The van der Waals surface area contributed by atoms with Crippen LogP contribution in [-0.2, 0) is 23.7 Å². The van der Waals surface area contributed by atoms with E-state index in [0.29, 0.717) is 36.6 Å². The van der Waals surface area contributed by atoms with Crippen molar-refractivity contribution in [1.82, 2.24) is 24.4 Å². The molecule has 4 heterocycles. The molecule has 1 N–H and O–H groups in total. The van der Waals surface area contributed by atoms with Gasteiger partial charge in [0.1, 0.15) is 23.1 Å². The molecule has 0 radical (unpaired) electrons. The number of nitrogens with one attached hydrogen (secondary N) is 1. The number of aromatic nitrogens is 4. The average molecular weight is 402 g/mol. The maximum Gasteiger partial charge on any atom is 0.257 e. The number of nitrogens with zero attached hydrogens (tertiary/aromatic N) is 5. The smallest absolute Gasteiger partial charge is 0.257 e. The zero-order valence-electron chi connectivity index (χ0n) is 16.9. The molecule has 1 fully saturated rings. The maximum atomic E-state index is 13.5. The van der Waals surface area contributed by atoms with Crippen LogP contribution in [0.15, 0.2) is 49.1 Å². The van der Waals surface area contributed by atoms with Crippen molar-refractivity contribution in [2.24, 2.45) is 7.05 Å². The van der Waals surface area contributed by atoms with Crippen LogP contribution in [0.4, 0.5) is 5.69 Å². The highest BCUT2D eigenvalue weighted by atomic mass is 16.2. The van der Waals surface area contributed by atoms with Crippen LogP contribution in [0.2, 0.25) is 0 Å². The topological polar surface area (TPSA) is 93.0 Å². The van der Waals surface area contributed by atoms with Crippen molar-refractivity contribution >= 4 is 17.5 Å². The number of aryl methyl sites for hydroxylation is 2. The first-order valence-electron chi connectivity index (χ1n) is 10.1. The second-order valence-corrected chi connectivity index (χ2v) is 7.76. The zero-order chi connectivity index (χ0) is 20.9. The van der Waals surface area contributed by atoms with Crippen molar-refractivity contribution < 1.29 is 9.59 Å². The highest BCUT2D eigenvalue weighted by Crippen LogP contribution is 2.54. The number of hydrogen-bond acceptors (Lipinski definition) is 5. The third kappa shape index (κ3) is 2.49. The van der Waals surface area contributed by atoms with Gasteiger partial charge < -0.3 is 14.8 Å². The molecule has 0 unspecified atom stereocenters. The molecule has 2 aliphatic rings. The standard InChI is InChI=1S/C22H22N6O2/c1-3-17-24-12-14(13-25-17)20(29)28-10-8-22(18(28)19-23-9-11-27(19)2)15-6-4-5-7-16(15)26-21(22)30/h4-7,9,11-13,18H,3,8,10H2,1-2H3,(H,26,30)/t18-,22+/m0/s1. The summed E-state index contributed by atoms with van der Waals surface area (Å²) >= 11 is 0. The van der Waals surface area contributed by atoms with E-state index in [-0.39, 0.29) is 11.8 Å². The molecule has 2 amide bonds. The molecule has 0 aliphatic carbocycles. The van der Waals surface area contributed by atoms with E-state index >= 15 is 0 Å². The molecule has 1 saturated heterocycles. The van der Waals surface area contributed by atoms with E-state index in [1.807, 2.05) is 49.0 Å². The van der Waals surface area contributed by atoms with Gasteiger partial charge in [0.2, 0.25) is 5.91 Å². The van der Waals surface area contributed by atoms with Gasteiger partial charge >= 0.3 is 0 Å². The summed E-state index contributed by atoms with van der Waals surface area (Å²) in [7, 11) is 1.88. The Morgan fingerprint density at radius 3 is 2.70 bits per heavy atom. The lowest BCUT2D eigenvalue weighted by molar-refractivity contribution is -0.121. The first-order valence-corrected chi connectivity index (χ1v) is 10.1. The van der Waals surface area contributed by atoms with Crippen LogP contribution in [0.25, 0.3) is 0 Å². The number of para-hydroxylation sites is 1. The summed E-state index contributed by atoms with van der Waals surface area (Å²) in [6.45, 7) is 2.40. The fraction of sp³-hybridized carbons (Fsp3) is 0.318. The van der Waals surface area contributed by atoms with Gasteiger partial charge in [-0.1, -0.05) is 25.1 Å². The molecule has 152 valence electrons. The number of hydrogen-bond donors (Lipinski definition) is 1. The molecule has 0 bridgehead atoms. The third-order valence-electron chi connectivity index (χ3n) is 6.22. The van der Waals surface area contributed by atoms with Crippen LogP contribution >= 0.6 is 0 Å². The number of imidazole rings is 1. The first-order chi connectivity index (χ1) is 14.6. The fourth-order valence-corrected chi connectivity index (χ4v) is 4.72. The minimum Gasteiger partial charge on any atom is -0.336 e. The van der Waals surface area contributed by atoms with Gasteiger partial charge in [0.05, 0.1) is 5.56 Å². The predicted molar refractivity (Wildman–Crippen MR) is 110 cm³/mol. The minimum absolute atomic E-state index is 0.0930. The Kier molecular flexibility index (Phi) is 4.16. The lowest BCUT2D eigenvalue weighted by Crippen LogP contribution is -2.43. The number of likely N-dealkylation sites (tertiary alicyclic amines) is 1. The Bertz CT molecular complexity index is 1140. The van der Waals surface area contributed by atoms with Gasteiger partial charge in [-0.05, 0) is 18.1 Å². The lowest BCUT2D eigenvalue weighted by atomic mass is 9.74. The Hall–Kier alpha value is -3.55. The van der Waals surface area contributed by atoms with Crippen LogP contribution in [-0.4, -0.2) is 42.8 Å². The van der Waals surface area contributed by atoms with Crippen molar-refractivity contribution in [1.29, 1.82) is 0 Å². The molecule has 3 aromatic rings. The van der Waals surface area contributed by atoms with Crippen molar-refractivity contribution in [3.8, 4) is 0 Å². The van der Waals surface area contributed by atoms with Gasteiger partial charge in [-0.2, -0.15) is 0 Å². The average Bonchev–Trinajstić information content (AvgIpc) is 3.44. The lowest BCUT2D eigenvalue weighted by Gasteiger charge is -2.33. The predicted octanol–water partition coefficient (Wildman–Crippen LogP) is 2.25. The number of benzene rings is 1. The van der Waals surface area contributed by atoms with Crippen LogP contribution < -0.4 is 5.32 Å². The molecule has 2 aliphatic heterocycles. The summed E-state index contributed by atoms with van der Waals surface area (Å²) in [4.78, 5) is 41.7. The van der Waals surface area contributed by atoms with E-state index in [0.717, 1.165) is 11.3 Å². The number of anilines is 1. The Labute approximate surface area is 174 Å². The van der Waals surface area contributed by atoms with Crippen LogP contribution in [0, 0.1) is 0 Å². The molecular weight excluding hydrogens is 380 g/mol. The minimum atomic E-state index is -0.879. The van der Waals surface area contributed by atoms with E-state index in [4.69, 9.17) is 0 Å². The van der Waals surface area contributed by atoms with Gasteiger partial charge in [0.15, 0.2) is 0 Å². The van der Waals surface area contributed by atoms with Gasteiger partial charge in [-0.15, -0.1) is 0 Å². The zero-order valence-corrected chi connectivity index (χ0v) is 16.9. The molecule has 1 spiro atoms. The Morgan fingerprint density at radius 1 is 1.23 bits per heavy atom. The van der Waals surface area contributed by atoms with Crippen LogP contribution in [0.1, 0.15) is 47.0 Å². The number of rotatable bonds is 3. The quantitative estimate of drug-likeness (QED) is 0.725. The number of amides is 2. The van der Waals surface area contributed by atoms with Crippen LogP contribution in [0.5, 0.6) is 0 Å². The number of carbonyl (C=O) groups is 2. The van der Waals surface area contributed by atoms with E-state index < -0.39 is 11.5 Å². The van der Waals surface area contributed by atoms with Crippen LogP contribution in [0.3, 0.4) is 0 Å². The molecular formula is C22H22N6O2. The maximum absolute atomic E-state index is 13.5. The fourth-order valence-electron chi connectivity index (χ4n) is 4.72. The second kappa shape index (κ2) is 6.76. The van der Waals surface area contributed by atoms with Crippen molar-refractivity contribution in [3.05, 3.63) is 71.8 Å². The number of carbonyl (C=O) groups excluding carboxylic acids is 2. The van der Waals surface area contributed by atoms with Crippen molar-refractivity contribution in [3.63, 3.8) is 0 Å². The monoisotopic (exact) mass is 402 g/mol.